The van der Waals surface area contributed by atoms with Gasteiger partial charge in [0.1, 0.15) is 0 Å². The molecule has 4 nitrogen and oxygen atoms in total. The second-order valence-electron chi connectivity index (χ2n) is 4.43. The van der Waals surface area contributed by atoms with Crippen LogP contribution in [0.5, 0.6) is 0 Å². The van der Waals surface area contributed by atoms with E-state index in [1.165, 1.54) is 10.6 Å². The van der Waals surface area contributed by atoms with Crippen LogP contribution >= 0.6 is 11.3 Å². The number of aryl methyl sites for hydroxylation is 2. The van der Waals surface area contributed by atoms with Gasteiger partial charge in [-0.25, -0.2) is 9.97 Å². The molecule has 18 heavy (non-hydrogen) atoms. The Morgan fingerprint density at radius 2 is 2.22 bits per heavy atom. The number of imidazole rings is 1. The molecule has 2 heterocycles. The fourth-order valence-electron chi connectivity index (χ4n) is 2.13. The van der Waals surface area contributed by atoms with Crippen LogP contribution in [0.4, 0.5) is 0 Å². The monoisotopic (exact) mass is 264 g/mol. The van der Waals surface area contributed by atoms with Crippen molar-refractivity contribution in [1.82, 2.24) is 19.9 Å². The lowest BCUT2D eigenvalue weighted by atomic mass is 10.2. The van der Waals surface area contributed by atoms with Crippen molar-refractivity contribution in [2.45, 2.75) is 40.3 Å². The second-order valence-corrected chi connectivity index (χ2v) is 5.67. The number of thiazole rings is 1. The summed E-state index contributed by atoms with van der Waals surface area (Å²) in [5, 5.41) is 4.47. The number of nitrogens with zero attached hydrogens (tertiary/aromatic N) is 3. The highest BCUT2D eigenvalue weighted by molar-refractivity contribution is 7.11. The van der Waals surface area contributed by atoms with E-state index in [-0.39, 0.29) is 0 Å². The van der Waals surface area contributed by atoms with Gasteiger partial charge in [0.25, 0.3) is 0 Å². The van der Waals surface area contributed by atoms with E-state index in [0.717, 1.165) is 23.8 Å². The summed E-state index contributed by atoms with van der Waals surface area (Å²) in [6, 6.07) is 0.298. The van der Waals surface area contributed by atoms with Gasteiger partial charge in [-0.3, -0.25) is 0 Å². The lowest BCUT2D eigenvalue weighted by molar-refractivity contribution is 0.586. The average molecular weight is 264 g/mol. The number of nitrogens with one attached hydrogen (secondary N) is 1. The quantitative estimate of drug-likeness (QED) is 0.903. The zero-order valence-electron chi connectivity index (χ0n) is 11.4. The van der Waals surface area contributed by atoms with Crippen molar-refractivity contribution in [2.75, 3.05) is 6.54 Å². The summed E-state index contributed by atoms with van der Waals surface area (Å²) in [6.45, 7) is 10.3. The fraction of sp³-hybridized carbons (Fsp3) is 0.538. The van der Waals surface area contributed by atoms with Crippen LogP contribution in [-0.2, 0) is 6.54 Å². The van der Waals surface area contributed by atoms with E-state index in [1.54, 1.807) is 11.3 Å². The van der Waals surface area contributed by atoms with Gasteiger partial charge >= 0.3 is 0 Å². The zero-order chi connectivity index (χ0) is 13.1. The highest BCUT2D eigenvalue weighted by Gasteiger charge is 2.16. The number of rotatable bonds is 5. The highest BCUT2D eigenvalue weighted by Crippen LogP contribution is 2.28. The van der Waals surface area contributed by atoms with E-state index in [1.807, 2.05) is 12.5 Å². The average Bonchev–Trinajstić information content (AvgIpc) is 2.92. The van der Waals surface area contributed by atoms with Crippen molar-refractivity contribution in [3.8, 4) is 0 Å². The molecule has 0 saturated heterocycles. The van der Waals surface area contributed by atoms with Crippen LogP contribution in [0.1, 0.15) is 41.2 Å². The summed E-state index contributed by atoms with van der Waals surface area (Å²) in [5.41, 5.74) is 2.35. The molecule has 0 aliphatic heterocycles. The van der Waals surface area contributed by atoms with E-state index in [9.17, 15) is 0 Å². The van der Waals surface area contributed by atoms with Crippen LogP contribution in [0.25, 0.3) is 0 Å². The molecule has 0 bridgehead atoms. The molecule has 1 atom stereocenters. The summed E-state index contributed by atoms with van der Waals surface area (Å²) in [6.07, 6.45) is 3.84. The number of aromatic nitrogens is 3. The van der Waals surface area contributed by atoms with E-state index < -0.39 is 0 Å². The predicted molar refractivity (Wildman–Crippen MR) is 75.0 cm³/mol. The molecule has 0 saturated carbocycles. The first-order chi connectivity index (χ1) is 8.63. The molecule has 2 aromatic rings. The largest absolute Gasteiger partial charge is 0.325 e. The minimum atomic E-state index is 0.298. The third kappa shape index (κ3) is 2.62. The first-order valence-corrected chi connectivity index (χ1v) is 7.10. The molecule has 0 spiro atoms. The Bertz CT molecular complexity index is 515. The van der Waals surface area contributed by atoms with Gasteiger partial charge in [-0.1, -0.05) is 6.92 Å². The minimum absolute atomic E-state index is 0.298. The molecular weight excluding hydrogens is 244 g/mol. The van der Waals surface area contributed by atoms with Crippen molar-refractivity contribution in [2.24, 2.45) is 0 Å². The number of hydrogen-bond donors (Lipinski definition) is 1. The van der Waals surface area contributed by atoms with Crippen molar-refractivity contribution >= 4 is 11.3 Å². The predicted octanol–water partition coefficient (Wildman–Crippen LogP) is 2.68. The third-order valence-corrected chi connectivity index (χ3v) is 4.28. The lowest BCUT2D eigenvalue weighted by Gasteiger charge is -2.16. The minimum Gasteiger partial charge on any atom is -0.325 e. The molecule has 0 aliphatic rings. The Hall–Kier alpha value is -1.20. The molecular formula is C13H20N4S. The maximum atomic E-state index is 4.50. The van der Waals surface area contributed by atoms with Crippen molar-refractivity contribution in [1.29, 1.82) is 0 Å². The molecule has 5 heteroatoms. The van der Waals surface area contributed by atoms with E-state index in [0.29, 0.717) is 6.04 Å². The van der Waals surface area contributed by atoms with Crippen LogP contribution in [0, 0.1) is 13.8 Å². The van der Waals surface area contributed by atoms with Crippen LogP contribution in [0.15, 0.2) is 12.5 Å². The Kier molecular flexibility index (Phi) is 4.14. The van der Waals surface area contributed by atoms with Gasteiger partial charge in [-0.2, -0.15) is 0 Å². The first-order valence-electron chi connectivity index (χ1n) is 6.28. The fourth-order valence-corrected chi connectivity index (χ4v) is 3.11. The lowest BCUT2D eigenvalue weighted by Crippen LogP contribution is -2.17. The summed E-state index contributed by atoms with van der Waals surface area (Å²) in [5.74, 6) is 0. The van der Waals surface area contributed by atoms with Gasteiger partial charge in [0.2, 0.25) is 0 Å². The van der Waals surface area contributed by atoms with E-state index in [2.05, 4.69) is 47.5 Å². The van der Waals surface area contributed by atoms with Gasteiger partial charge in [-0.05, 0) is 27.3 Å². The number of hydrogen-bond acceptors (Lipinski definition) is 4. The SMILES string of the molecule is CCNCc1cncn1C(C)c1sc(C)nc1C. The summed E-state index contributed by atoms with van der Waals surface area (Å²) in [7, 11) is 0. The maximum Gasteiger partial charge on any atom is 0.0954 e. The van der Waals surface area contributed by atoms with Gasteiger partial charge < -0.3 is 9.88 Å². The summed E-state index contributed by atoms with van der Waals surface area (Å²) >= 11 is 1.77. The van der Waals surface area contributed by atoms with Gasteiger partial charge in [0, 0.05) is 12.7 Å². The smallest absolute Gasteiger partial charge is 0.0954 e. The Balaban J connectivity index is 2.25. The van der Waals surface area contributed by atoms with Crippen LogP contribution in [-0.4, -0.2) is 21.1 Å². The molecule has 1 unspecified atom stereocenters. The molecule has 2 aromatic heterocycles. The third-order valence-electron chi connectivity index (χ3n) is 3.04. The van der Waals surface area contributed by atoms with Gasteiger partial charge in [0.15, 0.2) is 0 Å². The van der Waals surface area contributed by atoms with E-state index >= 15 is 0 Å². The molecule has 1 N–H and O–H groups in total. The van der Waals surface area contributed by atoms with Crippen LogP contribution < -0.4 is 5.32 Å². The highest BCUT2D eigenvalue weighted by atomic mass is 32.1. The van der Waals surface area contributed by atoms with Crippen molar-refractivity contribution in [3.63, 3.8) is 0 Å². The van der Waals surface area contributed by atoms with E-state index in [4.69, 9.17) is 0 Å². The first kappa shape index (κ1) is 13.2. The normalized spacial score (nSPS) is 12.9. The molecule has 0 amide bonds. The Morgan fingerprint density at radius 3 is 2.83 bits per heavy atom. The van der Waals surface area contributed by atoms with Gasteiger partial charge in [0.05, 0.1) is 33.6 Å². The molecule has 0 aliphatic carbocycles. The van der Waals surface area contributed by atoms with Crippen LogP contribution in [0.3, 0.4) is 0 Å². The molecule has 0 aromatic carbocycles. The summed E-state index contributed by atoms with van der Waals surface area (Å²) < 4.78 is 2.22. The topological polar surface area (TPSA) is 42.7 Å². The maximum absolute atomic E-state index is 4.50. The van der Waals surface area contributed by atoms with Gasteiger partial charge in [-0.15, -0.1) is 11.3 Å². The molecule has 2 rings (SSSR count). The van der Waals surface area contributed by atoms with Crippen LogP contribution in [0.2, 0.25) is 0 Å². The van der Waals surface area contributed by atoms with Crippen molar-refractivity contribution in [3.05, 3.63) is 33.8 Å². The second kappa shape index (κ2) is 5.63. The molecule has 0 radical (unpaired) electrons. The zero-order valence-corrected chi connectivity index (χ0v) is 12.2. The Morgan fingerprint density at radius 1 is 1.44 bits per heavy atom. The molecule has 0 fully saturated rings. The molecule has 98 valence electrons. The van der Waals surface area contributed by atoms with Crippen molar-refractivity contribution < 1.29 is 0 Å². The Labute approximate surface area is 112 Å². The summed E-state index contributed by atoms with van der Waals surface area (Å²) in [4.78, 5) is 10.1. The standard InChI is InChI=1S/C13H20N4S/c1-5-14-6-12-7-15-8-17(12)10(3)13-9(2)16-11(4)18-13/h7-8,10,14H,5-6H2,1-4H3.